The van der Waals surface area contributed by atoms with Gasteiger partial charge >= 0.3 is 0 Å². The quantitative estimate of drug-likeness (QED) is 0.814. The van der Waals surface area contributed by atoms with Crippen LogP contribution in [0.5, 0.6) is 0 Å². The number of thiophene rings is 1. The van der Waals surface area contributed by atoms with Gasteiger partial charge in [0.15, 0.2) is 0 Å². The van der Waals surface area contributed by atoms with E-state index in [-0.39, 0.29) is 10.8 Å². The minimum absolute atomic E-state index is 0.218. The summed E-state index contributed by atoms with van der Waals surface area (Å²) >= 11 is 10.2. The van der Waals surface area contributed by atoms with Crippen molar-refractivity contribution in [2.75, 3.05) is 7.05 Å². The summed E-state index contributed by atoms with van der Waals surface area (Å²) in [7, 11) is -0.212. The van der Waals surface area contributed by atoms with Crippen LogP contribution in [0.3, 0.4) is 0 Å². The lowest BCUT2D eigenvalue weighted by Crippen LogP contribution is -2.25. The van der Waals surface area contributed by atoms with Gasteiger partial charge in [-0.1, -0.05) is 11.6 Å². The van der Waals surface area contributed by atoms with Crippen molar-refractivity contribution in [2.45, 2.75) is 10.8 Å². The number of hydrogen-bond donors (Lipinski definition) is 0. The number of aromatic nitrogens is 2. The highest BCUT2D eigenvalue weighted by molar-refractivity contribution is 9.11. The van der Waals surface area contributed by atoms with Gasteiger partial charge in [0.2, 0.25) is 0 Å². The minimum atomic E-state index is -3.53. The van der Waals surface area contributed by atoms with Gasteiger partial charge in [0.1, 0.15) is 4.21 Å². The fraction of sp³-hybridized carbons (Fsp3) is 0.300. The first kappa shape index (κ1) is 15.0. The van der Waals surface area contributed by atoms with Gasteiger partial charge in [0.25, 0.3) is 10.0 Å². The van der Waals surface area contributed by atoms with E-state index in [0.29, 0.717) is 8.81 Å². The van der Waals surface area contributed by atoms with Crippen LogP contribution in [0.1, 0.15) is 5.56 Å². The molecule has 2 aromatic rings. The number of halogens is 2. The SMILES string of the molecule is CN(Cc1cnn(C)c1)S(=O)(=O)c1cc(Cl)c(Br)s1. The molecule has 0 amide bonds. The molecular formula is C10H11BrClN3O2S2. The summed E-state index contributed by atoms with van der Waals surface area (Å²) in [4.78, 5) is 0. The average molecular weight is 385 g/mol. The number of nitrogens with zero attached hydrogens (tertiary/aromatic N) is 3. The molecule has 9 heteroatoms. The van der Waals surface area contributed by atoms with Crippen LogP contribution in [-0.4, -0.2) is 29.6 Å². The second-order valence-electron chi connectivity index (χ2n) is 3.97. The lowest BCUT2D eigenvalue weighted by atomic mass is 10.4. The molecule has 104 valence electrons. The fourth-order valence-corrected chi connectivity index (χ4v) is 5.27. The molecule has 19 heavy (non-hydrogen) atoms. The Bertz CT molecular complexity index is 676. The summed E-state index contributed by atoms with van der Waals surface area (Å²) in [5.41, 5.74) is 0.829. The molecule has 0 aliphatic carbocycles. The Hall–Kier alpha value is -0.410. The Morgan fingerprint density at radius 2 is 2.26 bits per heavy atom. The molecule has 0 saturated carbocycles. The van der Waals surface area contributed by atoms with Crippen molar-refractivity contribution in [3.63, 3.8) is 0 Å². The molecule has 0 N–H and O–H groups in total. The summed E-state index contributed by atoms with van der Waals surface area (Å²) in [6.07, 6.45) is 3.42. The monoisotopic (exact) mass is 383 g/mol. The van der Waals surface area contributed by atoms with Crippen molar-refractivity contribution in [2.24, 2.45) is 7.05 Å². The van der Waals surface area contributed by atoms with Crippen molar-refractivity contribution >= 4 is 48.9 Å². The molecule has 0 fully saturated rings. The molecular weight excluding hydrogens is 374 g/mol. The van der Waals surface area contributed by atoms with Crippen molar-refractivity contribution in [3.05, 3.63) is 32.8 Å². The van der Waals surface area contributed by atoms with E-state index in [2.05, 4.69) is 21.0 Å². The van der Waals surface area contributed by atoms with Crippen molar-refractivity contribution in [3.8, 4) is 0 Å². The van der Waals surface area contributed by atoms with Gasteiger partial charge in [0.05, 0.1) is 15.0 Å². The summed E-state index contributed by atoms with van der Waals surface area (Å²) < 4.78 is 28.4. The van der Waals surface area contributed by atoms with E-state index >= 15 is 0 Å². The summed E-state index contributed by atoms with van der Waals surface area (Å²) in [5, 5.41) is 4.41. The maximum atomic E-state index is 12.3. The molecule has 0 radical (unpaired) electrons. The van der Waals surface area contributed by atoms with Gasteiger partial charge in [-0.15, -0.1) is 11.3 Å². The van der Waals surface area contributed by atoms with Crippen LogP contribution < -0.4 is 0 Å². The highest BCUT2D eigenvalue weighted by Crippen LogP contribution is 2.35. The molecule has 0 atom stereocenters. The Morgan fingerprint density at radius 1 is 1.58 bits per heavy atom. The fourth-order valence-electron chi connectivity index (χ4n) is 1.50. The van der Waals surface area contributed by atoms with Crippen molar-refractivity contribution in [1.29, 1.82) is 0 Å². The molecule has 0 unspecified atom stereocenters. The van der Waals surface area contributed by atoms with E-state index in [4.69, 9.17) is 11.6 Å². The van der Waals surface area contributed by atoms with Gasteiger partial charge in [-0.25, -0.2) is 8.42 Å². The van der Waals surface area contributed by atoms with Crippen LogP contribution in [-0.2, 0) is 23.6 Å². The molecule has 2 heterocycles. The lowest BCUT2D eigenvalue weighted by molar-refractivity contribution is 0.468. The standard InChI is InChI=1S/C10H11BrClN3O2S2/c1-14-5-7(4-13-14)6-15(2)19(16,17)9-3-8(12)10(11)18-9/h3-5H,6H2,1-2H3. The van der Waals surface area contributed by atoms with Crippen LogP contribution >= 0.6 is 38.9 Å². The van der Waals surface area contributed by atoms with Crippen molar-refractivity contribution < 1.29 is 8.42 Å². The first-order chi connectivity index (χ1) is 8.80. The maximum Gasteiger partial charge on any atom is 0.252 e. The van der Waals surface area contributed by atoms with Gasteiger partial charge in [-0.2, -0.15) is 9.40 Å². The van der Waals surface area contributed by atoms with E-state index in [1.54, 1.807) is 24.1 Å². The minimum Gasteiger partial charge on any atom is -0.275 e. The number of rotatable bonds is 4. The Labute approximate surface area is 129 Å². The van der Waals surface area contributed by atoms with Crippen molar-refractivity contribution in [1.82, 2.24) is 14.1 Å². The third kappa shape index (κ3) is 3.19. The zero-order chi connectivity index (χ0) is 14.2. The predicted octanol–water partition coefficient (Wildman–Crippen LogP) is 2.72. The third-order valence-electron chi connectivity index (χ3n) is 2.45. The predicted molar refractivity (Wildman–Crippen MR) is 78.9 cm³/mol. The molecule has 0 saturated heterocycles. The summed E-state index contributed by atoms with van der Waals surface area (Å²) in [5.74, 6) is 0. The molecule has 5 nitrogen and oxygen atoms in total. The molecule has 0 aliphatic rings. The van der Waals surface area contributed by atoms with Gasteiger partial charge in [-0.3, -0.25) is 4.68 Å². The Kier molecular flexibility index (Phi) is 4.36. The van der Waals surface area contributed by atoms with Gasteiger partial charge in [0, 0.05) is 32.4 Å². The van der Waals surface area contributed by atoms with Gasteiger partial charge in [-0.05, 0) is 22.0 Å². The molecule has 0 spiro atoms. The number of sulfonamides is 1. The number of aryl methyl sites for hydroxylation is 1. The molecule has 0 bridgehead atoms. The summed E-state index contributed by atoms with van der Waals surface area (Å²) in [6.45, 7) is 0.267. The van der Waals surface area contributed by atoms with E-state index in [1.807, 2.05) is 0 Å². The maximum absolute atomic E-state index is 12.3. The first-order valence-electron chi connectivity index (χ1n) is 5.19. The summed E-state index contributed by atoms with van der Waals surface area (Å²) in [6, 6.07) is 1.45. The Balaban J connectivity index is 2.24. The zero-order valence-corrected chi connectivity index (χ0v) is 14.1. The smallest absolute Gasteiger partial charge is 0.252 e. The second kappa shape index (κ2) is 5.53. The lowest BCUT2D eigenvalue weighted by Gasteiger charge is -2.14. The number of hydrogen-bond acceptors (Lipinski definition) is 4. The van der Waals surface area contributed by atoms with Crippen LogP contribution in [0.2, 0.25) is 5.02 Å². The molecule has 2 aromatic heterocycles. The largest absolute Gasteiger partial charge is 0.275 e. The van der Waals surface area contributed by atoms with E-state index in [9.17, 15) is 8.42 Å². The third-order valence-corrected chi connectivity index (χ3v) is 7.18. The second-order valence-corrected chi connectivity index (χ2v) is 9.02. The van der Waals surface area contributed by atoms with Crippen LogP contribution in [0.15, 0.2) is 26.5 Å². The molecule has 2 rings (SSSR count). The van der Waals surface area contributed by atoms with Crippen LogP contribution in [0.25, 0.3) is 0 Å². The molecule has 0 aliphatic heterocycles. The van der Waals surface area contributed by atoms with Crippen LogP contribution in [0, 0.1) is 0 Å². The first-order valence-corrected chi connectivity index (χ1v) is 8.62. The van der Waals surface area contributed by atoms with Gasteiger partial charge < -0.3 is 0 Å². The van der Waals surface area contributed by atoms with Crippen LogP contribution in [0.4, 0.5) is 0 Å². The normalized spacial score (nSPS) is 12.3. The Morgan fingerprint density at radius 3 is 2.74 bits per heavy atom. The highest BCUT2D eigenvalue weighted by Gasteiger charge is 2.24. The highest BCUT2D eigenvalue weighted by atomic mass is 79.9. The zero-order valence-electron chi connectivity index (χ0n) is 10.2. The van der Waals surface area contributed by atoms with E-state index in [0.717, 1.165) is 16.9 Å². The average Bonchev–Trinajstić information content (AvgIpc) is 2.87. The topological polar surface area (TPSA) is 55.2 Å². The van der Waals surface area contributed by atoms with E-state index < -0.39 is 10.0 Å². The van der Waals surface area contributed by atoms with E-state index in [1.165, 1.54) is 17.4 Å². The molecule has 0 aromatic carbocycles.